The van der Waals surface area contributed by atoms with Crippen molar-refractivity contribution in [2.45, 2.75) is 13.1 Å². The van der Waals surface area contributed by atoms with Gasteiger partial charge in [0.05, 0.1) is 0 Å². The minimum absolute atomic E-state index is 0. The summed E-state index contributed by atoms with van der Waals surface area (Å²) in [5, 5.41) is 22.6. The van der Waals surface area contributed by atoms with Gasteiger partial charge in [-0.1, -0.05) is 36.4 Å². The number of hydrogen-bond donors (Lipinski definition) is 4. The zero-order valence-electron chi connectivity index (χ0n) is 18.2. The molecule has 1 aliphatic heterocycles. The van der Waals surface area contributed by atoms with Gasteiger partial charge in [0.1, 0.15) is 0 Å². The second-order valence-corrected chi connectivity index (χ2v) is 7.08. The number of nitrogens with zero attached hydrogens (tertiary/aromatic N) is 2. The number of fused-ring (bicyclic) bond motifs is 6. The lowest BCUT2D eigenvalue weighted by Crippen LogP contribution is -2.35. The Morgan fingerprint density at radius 2 is 0.879 bits per heavy atom. The molecular weight excluding hydrogens is 684 g/mol. The number of rotatable bonds is 0. The van der Waals surface area contributed by atoms with Gasteiger partial charge in [-0.15, -0.1) is 78.1 Å². The molecule has 0 aliphatic carbocycles. The average molecular weight is 716 g/mol. The molecule has 0 saturated heterocycles. The van der Waals surface area contributed by atoms with Crippen LogP contribution in [0.4, 0.5) is 0 Å². The van der Waals surface area contributed by atoms with Crippen molar-refractivity contribution in [3.8, 4) is 22.9 Å². The first kappa shape index (κ1) is 32.3. The second kappa shape index (κ2) is 17.7. The SMILES string of the molecule is Br.Br.Br.Br.c1ccc2c(c1)CNCCNCCNCCNCc1ccccc1-c1nnc-2o1. The van der Waals surface area contributed by atoms with Gasteiger partial charge in [0.15, 0.2) is 0 Å². The van der Waals surface area contributed by atoms with Gasteiger partial charge in [-0.05, 0) is 23.3 Å². The first-order valence-electron chi connectivity index (χ1n) is 10.2. The van der Waals surface area contributed by atoms with Crippen molar-refractivity contribution < 1.29 is 4.42 Å². The fraction of sp³-hybridized carbons (Fsp3) is 0.364. The highest BCUT2D eigenvalue weighted by Gasteiger charge is 2.15. The summed E-state index contributed by atoms with van der Waals surface area (Å²) in [6, 6.07) is 16.4. The Kier molecular flexibility index (Phi) is 17.4. The highest BCUT2D eigenvalue weighted by molar-refractivity contribution is 8.93. The van der Waals surface area contributed by atoms with E-state index in [4.69, 9.17) is 4.42 Å². The average Bonchev–Trinajstić information content (AvgIpc) is 3.24. The van der Waals surface area contributed by atoms with Crippen LogP contribution in [0.25, 0.3) is 22.9 Å². The predicted molar refractivity (Wildman–Crippen MR) is 156 cm³/mol. The van der Waals surface area contributed by atoms with E-state index in [1.165, 1.54) is 0 Å². The van der Waals surface area contributed by atoms with E-state index >= 15 is 0 Å². The monoisotopic (exact) mass is 712 g/mol. The Balaban J connectivity index is 0.00000256. The van der Waals surface area contributed by atoms with Crippen LogP contribution in [-0.2, 0) is 13.1 Å². The molecule has 0 fully saturated rings. The summed E-state index contributed by atoms with van der Waals surface area (Å²) in [5.74, 6) is 1.11. The molecule has 2 bridgehead atoms. The van der Waals surface area contributed by atoms with Crippen molar-refractivity contribution in [2.75, 3.05) is 39.3 Å². The van der Waals surface area contributed by atoms with Crippen LogP contribution in [0.1, 0.15) is 11.1 Å². The third kappa shape index (κ3) is 9.48. The fourth-order valence-corrected chi connectivity index (χ4v) is 3.43. The summed E-state index contributed by atoms with van der Waals surface area (Å²) in [6.07, 6.45) is 0. The minimum Gasteiger partial charge on any atom is -0.416 e. The number of halogens is 4. The van der Waals surface area contributed by atoms with E-state index in [9.17, 15) is 0 Å². The van der Waals surface area contributed by atoms with Gasteiger partial charge in [-0.2, -0.15) is 0 Å². The van der Waals surface area contributed by atoms with Crippen LogP contribution >= 0.6 is 67.9 Å². The molecule has 0 spiro atoms. The molecule has 2 aromatic carbocycles. The number of benzene rings is 2. The van der Waals surface area contributed by atoms with Crippen molar-refractivity contribution in [3.63, 3.8) is 0 Å². The van der Waals surface area contributed by atoms with Gasteiger partial charge < -0.3 is 25.7 Å². The van der Waals surface area contributed by atoms with Crippen molar-refractivity contribution in [1.29, 1.82) is 0 Å². The highest BCUT2D eigenvalue weighted by atomic mass is 79.9. The Morgan fingerprint density at radius 1 is 0.515 bits per heavy atom. The van der Waals surface area contributed by atoms with Crippen LogP contribution in [-0.4, -0.2) is 49.5 Å². The number of hydrogen-bond acceptors (Lipinski definition) is 7. The summed E-state index contributed by atoms with van der Waals surface area (Å²) in [5.41, 5.74) is 4.25. The molecule has 0 unspecified atom stereocenters. The maximum absolute atomic E-state index is 6.10. The molecule has 0 radical (unpaired) electrons. The van der Waals surface area contributed by atoms with E-state index < -0.39 is 0 Å². The summed E-state index contributed by atoms with van der Waals surface area (Å²) >= 11 is 0. The van der Waals surface area contributed by atoms with Crippen molar-refractivity contribution in [2.24, 2.45) is 0 Å². The van der Waals surface area contributed by atoms with Crippen LogP contribution < -0.4 is 21.3 Å². The van der Waals surface area contributed by atoms with E-state index in [1.807, 2.05) is 36.4 Å². The second-order valence-electron chi connectivity index (χ2n) is 7.08. The molecule has 0 amide bonds. The highest BCUT2D eigenvalue weighted by Crippen LogP contribution is 2.28. The lowest BCUT2D eigenvalue weighted by molar-refractivity contribution is 0.566. The maximum Gasteiger partial charge on any atom is 0.248 e. The molecule has 0 atom stereocenters. The predicted octanol–water partition coefficient (Wildman–Crippen LogP) is 4.09. The normalized spacial score (nSPS) is 14.7. The Bertz CT molecular complexity index is 855. The molecule has 4 N–H and O–H groups in total. The van der Waals surface area contributed by atoms with Crippen LogP contribution in [0, 0.1) is 0 Å². The van der Waals surface area contributed by atoms with Crippen LogP contribution in [0.15, 0.2) is 52.9 Å². The van der Waals surface area contributed by atoms with E-state index in [-0.39, 0.29) is 67.9 Å². The van der Waals surface area contributed by atoms with Crippen molar-refractivity contribution in [1.82, 2.24) is 31.5 Å². The van der Waals surface area contributed by atoms with E-state index in [1.54, 1.807) is 0 Å². The molecule has 3 aromatic rings. The Morgan fingerprint density at radius 3 is 1.30 bits per heavy atom. The summed E-state index contributed by atoms with van der Waals surface area (Å²) in [6.45, 7) is 7.11. The first-order chi connectivity index (χ1) is 14.4. The van der Waals surface area contributed by atoms with Crippen LogP contribution in [0.2, 0.25) is 0 Å². The summed E-state index contributed by atoms with van der Waals surface area (Å²) in [4.78, 5) is 0. The lowest BCUT2D eigenvalue weighted by Gasteiger charge is -2.10. The van der Waals surface area contributed by atoms with Gasteiger partial charge >= 0.3 is 0 Å². The topological polar surface area (TPSA) is 87.0 Å². The van der Waals surface area contributed by atoms with Crippen LogP contribution in [0.3, 0.4) is 0 Å². The Hall–Kier alpha value is -0.660. The molecule has 4 rings (SSSR count). The minimum atomic E-state index is 0. The molecule has 33 heavy (non-hydrogen) atoms. The first-order valence-corrected chi connectivity index (χ1v) is 10.2. The van der Waals surface area contributed by atoms with Crippen molar-refractivity contribution >= 4 is 67.9 Å². The smallest absolute Gasteiger partial charge is 0.248 e. The fourth-order valence-electron chi connectivity index (χ4n) is 3.43. The standard InChI is InChI=1S/C22H28N6O.4BrH/c1-3-7-19-17(5-1)15-25-13-11-23-9-10-24-12-14-26-16-18-6-2-4-8-20(18)22-28-27-21(19)29-22;;;;/h1-8,23-26H,9-16H2;4*1H. The van der Waals surface area contributed by atoms with E-state index in [2.05, 4.69) is 43.6 Å². The van der Waals surface area contributed by atoms with E-state index in [0.717, 1.165) is 74.6 Å². The summed E-state index contributed by atoms with van der Waals surface area (Å²) < 4.78 is 6.10. The molecule has 0 saturated carbocycles. The number of nitrogens with one attached hydrogen (secondary N) is 4. The third-order valence-electron chi connectivity index (χ3n) is 4.99. The quantitative estimate of drug-likeness (QED) is 0.279. The zero-order chi connectivity index (χ0) is 19.7. The third-order valence-corrected chi connectivity index (χ3v) is 4.99. The number of aromatic nitrogens is 2. The van der Waals surface area contributed by atoms with Gasteiger partial charge in [0.25, 0.3) is 0 Å². The van der Waals surface area contributed by atoms with Crippen molar-refractivity contribution in [3.05, 3.63) is 59.7 Å². The Labute approximate surface area is 237 Å². The van der Waals surface area contributed by atoms with Gasteiger partial charge in [0.2, 0.25) is 11.8 Å². The molecule has 1 aliphatic rings. The zero-order valence-corrected chi connectivity index (χ0v) is 25.1. The van der Waals surface area contributed by atoms with Gasteiger partial charge in [-0.3, -0.25) is 0 Å². The largest absolute Gasteiger partial charge is 0.416 e. The van der Waals surface area contributed by atoms with E-state index in [0.29, 0.717) is 11.8 Å². The maximum atomic E-state index is 6.10. The molecule has 2 heterocycles. The van der Waals surface area contributed by atoms with Crippen LogP contribution in [0.5, 0.6) is 0 Å². The molecule has 184 valence electrons. The lowest BCUT2D eigenvalue weighted by atomic mass is 10.1. The molecule has 7 nitrogen and oxygen atoms in total. The van der Waals surface area contributed by atoms with Gasteiger partial charge in [-0.25, -0.2) is 0 Å². The molecular formula is C22H32Br4N6O. The summed E-state index contributed by atoms with van der Waals surface area (Å²) in [7, 11) is 0. The molecule has 11 heteroatoms. The van der Waals surface area contributed by atoms with Gasteiger partial charge in [0, 0.05) is 63.5 Å². The molecule has 1 aromatic heterocycles.